The summed E-state index contributed by atoms with van der Waals surface area (Å²) in [4.78, 5) is 12.9. The number of anilines is 1. The van der Waals surface area contributed by atoms with E-state index < -0.39 is 10.0 Å². The second kappa shape index (κ2) is 8.43. The highest BCUT2D eigenvalue weighted by atomic mass is 32.2. The minimum atomic E-state index is -3.84. The minimum Gasteiger partial charge on any atom is -0.491 e. The molecule has 6 nitrogen and oxygen atoms in total. The highest BCUT2D eigenvalue weighted by Gasteiger charge is 2.35. The highest BCUT2D eigenvalue weighted by Crippen LogP contribution is 2.42. The van der Waals surface area contributed by atoms with Crippen molar-refractivity contribution in [3.8, 4) is 16.9 Å². The van der Waals surface area contributed by atoms with E-state index in [1.165, 1.54) is 4.31 Å². The van der Waals surface area contributed by atoms with Crippen molar-refractivity contribution in [1.29, 1.82) is 0 Å². The summed E-state index contributed by atoms with van der Waals surface area (Å²) in [5.74, 6) is 0.389. The number of sulfonamides is 1. The molecule has 1 aliphatic rings. The van der Waals surface area contributed by atoms with Gasteiger partial charge in [-0.25, -0.2) is 8.42 Å². The van der Waals surface area contributed by atoms with E-state index in [9.17, 15) is 13.2 Å². The Labute approximate surface area is 182 Å². The predicted octanol–water partition coefficient (Wildman–Crippen LogP) is 3.97. The number of nitrogens with zero attached hydrogens (tertiary/aromatic N) is 1. The number of benzene rings is 3. The van der Waals surface area contributed by atoms with Crippen LogP contribution in [0.25, 0.3) is 11.1 Å². The van der Waals surface area contributed by atoms with Crippen LogP contribution in [0.3, 0.4) is 0 Å². The minimum absolute atomic E-state index is 0.0880. The maximum Gasteiger partial charge on any atom is 0.265 e. The smallest absolute Gasteiger partial charge is 0.265 e. The number of rotatable bonds is 6. The summed E-state index contributed by atoms with van der Waals surface area (Å²) in [7, 11) is -3.84. The van der Waals surface area contributed by atoms with Gasteiger partial charge in [0, 0.05) is 17.7 Å². The molecule has 3 aromatic carbocycles. The third-order valence-electron chi connectivity index (χ3n) is 4.99. The fourth-order valence-electron chi connectivity index (χ4n) is 3.60. The van der Waals surface area contributed by atoms with Crippen molar-refractivity contribution >= 4 is 21.6 Å². The van der Waals surface area contributed by atoms with Crippen molar-refractivity contribution in [1.82, 2.24) is 5.32 Å². The van der Waals surface area contributed by atoms with Crippen LogP contribution in [0.2, 0.25) is 0 Å². The molecule has 0 bridgehead atoms. The van der Waals surface area contributed by atoms with E-state index in [1.54, 1.807) is 30.3 Å². The molecule has 1 aliphatic heterocycles. The van der Waals surface area contributed by atoms with E-state index in [1.807, 2.05) is 56.3 Å². The summed E-state index contributed by atoms with van der Waals surface area (Å²) in [5.41, 5.74) is 2.85. The Balaban J connectivity index is 1.50. The lowest BCUT2D eigenvalue weighted by Gasteiger charge is -2.31. The lowest BCUT2D eigenvalue weighted by atomic mass is 10.0. The maximum absolute atomic E-state index is 13.2. The van der Waals surface area contributed by atoms with Gasteiger partial charge in [-0.1, -0.05) is 48.5 Å². The number of para-hydroxylation sites is 1. The van der Waals surface area contributed by atoms with Gasteiger partial charge in [0.1, 0.15) is 12.3 Å². The van der Waals surface area contributed by atoms with Crippen molar-refractivity contribution in [3.63, 3.8) is 0 Å². The molecule has 0 saturated carbocycles. The summed E-state index contributed by atoms with van der Waals surface area (Å²) in [5, 5.41) is 2.81. The monoisotopic (exact) mass is 436 g/mol. The number of hydrogen-bond donors (Lipinski definition) is 1. The number of fused-ring (bicyclic) bond motifs is 3. The Bertz CT molecular complexity index is 1200. The van der Waals surface area contributed by atoms with Gasteiger partial charge in [0.15, 0.2) is 0 Å². The quantitative estimate of drug-likeness (QED) is 0.635. The zero-order valence-electron chi connectivity index (χ0n) is 17.4. The van der Waals surface area contributed by atoms with Crippen molar-refractivity contribution in [2.75, 3.05) is 10.8 Å². The summed E-state index contributed by atoms with van der Waals surface area (Å²) >= 11 is 0. The van der Waals surface area contributed by atoms with Crippen LogP contribution in [0.5, 0.6) is 5.75 Å². The highest BCUT2D eigenvalue weighted by molar-refractivity contribution is 7.93. The van der Waals surface area contributed by atoms with Gasteiger partial charge >= 0.3 is 0 Å². The number of nitrogens with one attached hydrogen (secondary N) is 1. The molecule has 7 heteroatoms. The Morgan fingerprint density at radius 2 is 1.58 bits per heavy atom. The number of carbonyl (C=O) groups is 1. The van der Waals surface area contributed by atoms with Crippen LogP contribution in [0.15, 0.2) is 77.7 Å². The van der Waals surface area contributed by atoms with Crippen molar-refractivity contribution < 1.29 is 17.9 Å². The van der Waals surface area contributed by atoms with Gasteiger partial charge in [-0.15, -0.1) is 0 Å². The largest absolute Gasteiger partial charge is 0.491 e. The maximum atomic E-state index is 13.2. The summed E-state index contributed by atoms with van der Waals surface area (Å²) in [6.45, 7) is 3.92. The molecule has 4 rings (SSSR count). The molecular weight excluding hydrogens is 412 g/mol. The number of ether oxygens (including phenoxy) is 1. The average molecular weight is 437 g/mol. The van der Waals surface area contributed by atoms with Gasteiger partial charge in [-0.05, 0) is 43.7 Å². The van der Waals surface area contributed by atoms with Crippen molar-refractivity contribution in [2.45, 2.75) is 31.4 Å². The third-order valence-corrected chi connectivity index (χ3v) is 6.81. The third kappa shape index (κ3) is 4.27. The first-order chi connectivity index (χ1) is 14.9. The second-order valence-corrected chi connectivity index (χ2v) is 9.44. The van der Waals surface area contributed by atoms with Crippen LogP contribution in [-0.4, -0.2) is 27.0 Å². The SMILES string of the molecule is CC(C)Oc1ccc(CNC(=O)CN2c3ccccc3-c3ccccc3S2(=O)=O)cc1. The first-order valence-electron chi connectivity index (χ1n) is 10.1. The fourth-order valence-corrected chi connectivity index (χ4v) is 5.25. The second-order valence-electron chi connectivity index (χ2n) is 7.61. The molecule has 3 aromatic rings. The van der Waals surface area contributed by atoms with E-state index >= 15 is 0 Å². The Morgan fingerprint density at radius 1 is 0.935 bits per heavy atom. The number of carbonyl (C=O) groups excluding carboxylic acids is 1. The first kappa shape index (κ1) is 20.9. The van der Waals surface area contributed by atoms with Crippen LogP contribution in [0.4, 0.5) is 5.69 Å². The van der Waals surface area contributed by atoms with Crippen LogP contribution in [0.1, 0.15) is 19.4 Å². The van der Waals surface area contributed by atoms with Crippen LogP contribution >= 0.6 is 0 Å². The molecule has 0 aromatic heterocycles. The van der Waals surface area contributed by atoms with Crippen molar-refractivity contribution in [2.24, 2.45) is 0 Å². The molecule has 0 saturated heterocycles. The fraction of sp³-hybridized carbons (Fsp3) is 0.208. The summed E-state index contributed by atoms with van der Waals surface area (Å²) in [6.07, 6.45) is 0.0880. The van der Waals surface area contributed by atoms with Gasteiger partial charge in [0.05, 0.1) is 16.7 Å². The van der Waals surface area contributed by atoms with Crippen LogP contribution < -0.4 is 14.4 Å². The van der Waals surface area contributed by atoms with Gasteiger partial charge in [0.2, 0.25) is 5.91 Å². The lowest BCUT2D eigenvalue weighted by molar-refractivity contribution is -0.119. The Kier molecular flexibility index (Phi) is 5.69. The zero-order valence-corrected chi connectivity index (χ0v) is 18.2. The van der Waals surface area contributed by atoms with E-state index in [2.05, 4.69) is 5.32 Å². The number of hydrogen-bond acceptors (Lipinski definition) is 4. The molecule has 0 spiro atoms. The molecule has 1 amide bonds. The topological polar surface area (TPSA) is 75.7 Å². The predicted molar refractivity (Wildman–Crippen MR) is 120 cm³/mol. The number of amides is 1. The van der Waals surface area contributed by atoms with E-state index in [0.29, 0.717) is 17.8 Å². The zero-order chi connectivity index (χ0) is 22.0. The van der Waals surface area contributed by atoms with E-state index in [-0.39, 0.29) is 23.5 Å². The van der Waals surface area contributed by atoms with Gasteiger partial charge in [-0.3, -0.25) is 9.10 Å². The molecule has 160 valence electrons. The summed E-state index contributed by atoms with van der Waals surface area (Å²) < 4.78 is 33.3. The van der Waals surface area contributed by atoms with Crippen LogP contribution in [0, 0.1) is 0 Å². The molecule has 1 N–H and O–H groups in total. The standard InChI is InChI=1S/C24H24N2O4S/c1-17(2)30-19-13-11-18(12-14-19)15-25-24(27)16-26-22-9-5-3-7-20(22)21-8-4-6-10-23(21)31(26,28)29/h3-14,17H,15-16H2,1-2H3,(H,25,27). The Morgan fingerprint density at radius 3 is 2.29 bits per heavy atom. The molecule has 31 heavy (non-hydrogen) atoms. The van der Waals surface area contributed by atoms with E-state index in [4.69, 9.17) is 4.74 Å². The molecule has 0 atom stereocenters. The van der Waals surface area contributed by atoms with Gasteiger partial charge in [-0.2, -0.15) is 0 Å². The normalized spacial score (nSPS) is 14.0. The molecule has 0 fully saturated rings. The molecular formula is C24H24N2O4S. The van der Waals surface area contributed by atoms with Gasteiger partial charge in [0.25, 0.3) is 10.0 Å². The molecule has 1 heterocycles. The van der Waals surface area contributed by atoms with Crippen LogP contribution in [-0.2, 0) is 21.4 Å². The van der Waals surface area contributed by atoms with Gasteiger partial charge < -0.3 is 10.1 Å². The first-order valence-corrected chi connectivity index (χ1v) is 11.5. The summed E-state index contributed by atoms with van der Waals surface area (Å²) in [6, 6.07) is 21.5. The lowest BCUT2D eigenvalue weighted by Crippen LogP contribution is -2.42. The van der Waals surface area contributed by atoms with E-state index in [0.717, 1.165) is 16.9 Å². The average Bonchev–Trinajstić information content (AvgIpc) is 2.76. The molecule has 0 radical (unpaired) electrons. The Hall–Kier alpha value is -3.32. The molecule has 0 aliphatic carbocycles. The molecule has 0 unspecified atom stereocenters. The van der Waals surface area contributed by atoms with Crippen molar-refractivity contribution in [3.05, 3.63) is 78.4 Å².